The van der Waals surface area contributed by atoms with E-state index in [0.29, 0.717) is 24.4 Å². The van der Waals surface area contributed by atoms with Crippen LogP contribution in [0.5, 0.6) is 0 Å². The van der Waals surface area contributed by atoms with E-state index in [1.54, 1.807) is 6.92 Å². The standard InChI is InChI=1S/C7H10O3/c1-5-6(7(8)9)3-2-4-10-5/h2-4H2,1H3,(H,8,9)/p-1. The van der Waals surface area contributed by atoms with Gasteiger partial charge in [0.05, 0.1) is 18.3 Å². The first kappa shape index (κ1) is 7.12. The molecule has 0 saturated heterocycles. The van der Waals surface area contributed by atoms with Crippen LogP contribution in [0, 0.1) is 0 Å². The van der Waals surface area contributed by atoms with Crippen molar-refractivity contribution < 1.29 is 14.6 Å². The molecule has 0 fully saturated rings. The van der Waals surface area contributed by atoms with Gasteiger partial charge in [0.2, 0.25) is 0 Å². The molecule has 1 aliphatic rings. The molecule has 0 N–H and O–H groups in total. The van der Waals surface area contributed by atoms with Crippen molar-refractivity contribution in [1.29, 1.82) is 0 Å². The summed E-state index contributed by atoms with van der Waals surface area (Å²) in [6, 6.07) is 0. The molecular weight excluding hydrogens is 132 g/mol. The minimum Gasteiger partial charge on any atom is -0.545 e. The number of carbonyl (C=O) groups excluding carboxylic acids is 1. The summed E-state index contributed by atoms with van der Waals surface area (Å²) in [5, 5.41) is 10.3. The van der Waals surface area contributed by atoms with Crippen molar-refractivity contribution in [1.82, 2.24) is 0 Å². The highest BCUT2D eigenvalue weighted by atomic mass is 16.5. The van der Waals surface area contributed by atoms with Crippen LogP contribution in [0.3, 0.4) is 0 Å². The maximum atomic E-state index is 10.3. The SMILES string of the molecule is CC1=C(C(=O)[O-])CCCO1. The maximum Gasteiger partial charge on any atom is 0.0978 e. The van der Waals surface area contributed by atoms with Crippen LogP contribution in [-0.4, -0.2) is 12.6 Å². The van der Waals surface area contributed by atoms with Crippen molar-refractivity contribution in [2.45, 2.75) is 19.8 Å². The third-order valence-corrected chi connectivity index (χ3v) is 1.56. The topological polar surface area (TPSA) is 49.4 Å². The minimum absolute atomic E-state index is 0.311. The van der Waals surface area contributed by atoms with Crippen molar-refractivity contribution in [3.63, 3.8) is 0 Å². The van der Waals surface area contributed by atoms with Gasteiger partial charge >= 0.3 is 0 Å². The number of ether oxygens (including phenoxy) is 1. The zero-order valence-corrected chi connectivity index (χ0v) is 5.85. The Hall–Kier alpha value is -0.990. The van der Waals surface area contributed by atoms with E-state index in [2.05, 4.69) is 0 Å². The lowest BCUT2D eigenvalue weighted by molar-refractivity contribution is -0.299. The summed E-state index contributed by atoms with van der Waals surface area (Å²) in [6.45, 7) is 2.28. The number of hydrogen-bond acceptors (Lipinski definition) is 3. The van der Waals surface area contributed by atoms with Crippen molar-refractivity contribution in [3.8, 4) is 0 Å². The van der Waals surface area contributed by atoms with Crippen molar-refractivity contribution in [2.75, 3.05) is 6.61 Å². The van der Waals surface area contributed by atoms with Gasteiger partial charge in [-0.25, -0.2) is 0 Å². The zero-order chi connectivity index (χ0) is 7.56. The number of carboxylic acids is 1. The molecule has 3 nitrogen and oxygen atoms in total. The van der Waals surface area contributed by atoms with Crippen LogP contribution >= 0.6 is 0 Å². The predicted molar refractivity (Wildman–Crippen MR) is 32.9 cm³/mol. The van der Waals surface area contributed by atoms with Gasteiger partial charge in [-0.1, -0.05) is 0 Å². The molecule has 0 radical (unpaired) electrons. The van der Waals surface area contributed by atoms with Crippen LogP contribution in [0.15, 0.2) is 11.3 Å². The van der Waals surface area contributed by atoms with Gasteiger partial charge in [0, 0.05) is 5.57 Å². The first-order valence-electron chi connectivity index (χ1n) is 3.25. The van der Waals surface area contributed by atoms with Crippen LogP contribution in [-0.2, 0) is 9.53 Å². The maximum absolute atomic E-state index is 10.3. The molecule has 0 aromatic carbocycles. The lowest BCUT2D eigenvalue weighted by Gasteiger charge is -2.18. The smallest absolute Gasteiger partial charge is 0.0978 e. The van der Waals surface area contributed by atoms with E-state index in [-0.39, 0.29) is 0 Å². The van der Waals surface area contributed by atoms with E-state index in [1.165, 1.54) is 0 Å². The molecule has 10 heavy (non-hydrogen) atoms. The third kappa shape index (κ3) is 1.29. The number of allylic oxidation sites excluding steroid dienone is 1. The summed E-state index contributed by atoms with van der Waals surface area (Å²) in [4.78, 5) is 10.3. The number of carboxylic acid groups (broad SMARTS) is 1. The van der Waals surface area contributed by atoms with Crippen LogP contribution in [0.25, 0.3) is 0 Å². The first-order valence-corrected chi connectivity index (χ1v) is 3.25. The second kappa shape index (κ2) is 2.73. The van der Waals surface area contributed by atoms with Gasteiger partial charge < -0.3 is 14.6 Å². The summed E-state index contributed by atoms with van der Waals surface area (Å²) in [6.07, 6.45) is 1.36. The Morgan fingerprint density at radius 1 is 1.70 bits per heavy atom. The van der Waals surface area contributed by atoms with Crippen molar-refractivity contribution >= 4 is 5.97 Å². The molecule has 0 spiro atoms. The van der Waals surface area contributed by atoms with Crippen LogP contribution < -0.4 is 5.11 Å². The van der Waals surface area contributed by atoms with E-state index in [0.717, 1.165) is 6.42 Å². The second-order valence-electron chi connectivity index (χ2n) is 2.27. The molecule has 1 heterocycles. The molecular formula is C7H9O3-. The lowest BCUT2D eigenvalue weighted by Crippen LogP contribution is -2.27. The Kier molecular flexibility index (Phi) is 1.94. The van der Waals surface area contributed by atoms with Crippen LogP contribution in [0.4, 0.5) is 0 Å². The van der Waals surface area contributed by atoms with Gasteiger partial charge in [-0.2, -0.15) is 0 Å². The van der Waals surface area contributed by atoms with E-state index in [4.69, 9.17) is 4.74 Å². The quantitative estimate of drug-likeness (QED) is 0.509. The van der Waals surface area contributed by atoms with Crippen molar-refractivity contribution in [2.24, 2.45) is 0 Å². The van der Waals surface area contributed by atoms with E-state index >= 15 is 0 Å². The zero-order valence-electron chi connectivity index (χ0n) is 5.85. The highest BCUT2D eigenvalue weighted by Crippen LogP contribution is 2.17. The molecule has 0 amide bonds. The van der Waals surface area contributed by atoms with Gasteiger partial charge in [-0.15, -0.1) is 0 Å². The summed E-state index contributed by atoms with van der Waals surface area (Å²) in [5.74, 6) is -0.594. The first-order chi connectivity index (χ1) is 4.72. The van der Waals surface area contributed by atoms with Gasteiger partial charge in [0.25, 0.3) is 0 Å². The minimum atomic E-state index is -1.10. The summed E-state index contributed by atoms with van der Waals surface area (Å²) in [5.41, 5.74) is 0.311. The van der Waals surface area contributed by atoms with E-state index < -0.39 is 5.97 Å². The predicted octanol–water partition coefficient (Wildman–Crippen LogP) is -0.179. The van der Waals surface area contributed by atoms with E-state index in [9.17, 15) is 9.90 Å². The fraction of sp³-hybridized carbons (Fsp3) is 0.571. The number of carbonyl (C=O) groups is 1. The molecule has 0 atom stereocenters. The van der Waals surface area contributed by atoms with E-state index in [1.807, 2.05) is 0 Å². The molecule has 3 heteroatoms. The average molecular weight is 141 g/mol. The monoisotopic (exact) mass is 141 g/mol. The van der Waals surface area contributed by atoms with Crippen molar-refractivity contribution in [3.05, 3.63) is 11.3 Å². The third-order valence-electron chi connectivity index (χ3n) is 1.56. The number of rotatable bonds is 1. The Morgan fingerprint density at radius 2 is 2.40 bits per heavy atom. The summed E-state index contributed by atoms with van der Waals surface area (Å²) >= 11 is 0. The van der Waals surface area contributed by atoms with Gasteiger partial charge in [0.1, 0.15) is 0 Å². The van der Waals surface area contributed by atoms with Crippen LogP contribution in [0.1, 0.15) is 19.8 Å². The van der Waals surface area contributed by atoms with Gasteiger partial charge in [-0.05, 0) is 19.8 Å². The molecule has 0 aromatic heterocycles. The summed E-state index contributed by atoms with van der Waals surface area (Å²) < 4.78 is 5.01. The summed E-state index contributed by atoms with van der Waals surface area (Å²) in [7, 11) is 0. The largest absolute Gasteiger partial charge is 0.545 e. The molecule has 56 valence electrons. The molecule has 0 bridgehead atoms. The molecule has 0 unspecified atom stereocenters. The molecule has 0 saturated carbocycles. The number of aliphatic carboxylic acids is 1. The Morgan fingerprint density at radius 3 is 2.80 bits per heavy atom. The highest BCUT2D eigenvalue weighted by Gasteiger charge is 2.09. The second-order valence-corrected chi connectivity index (χ2v) is 2.27. The van der Waals surface area contributed by atoms with Gasteiger partial charge in [-0.3, -0.25) is 0 Å². The molecule has 1 rings (SSSR count). The Labute approximate surface area is 59.3 Å². The molecule has 0 aromatic rings. The molecule has 1 aliphatic heterocycles. The Balaban J connectivity index is 2.78. The Bertz CT molecular complexity index is 181. The van der Waals surface area contributed by atoms with Crippen LogP contribution in [0.2, 0.25) is 0 Å². The average Bonchev–Trinajstić information content (AvgIpc) is 1.88. The highest BCUT2D eigenvalue weighted by molar-refractivity contribution is 5.85. The van der Waals surface area contributed by atoms with Gasteiger partial charge in [0.15, 0.2) is 0 Å². The fourth-order valence-electron chi connectivity index (χ4n) is 0.983. The number of hydrogen-bond donors (Lipinski definition) is 0. The molecule has 0 aliphatic carbocycles. The lowest BCUT2D eigenvalue weighted by atomic mass is 10.1. The fourth-order valence-corrected chi connectivity index (χ4v) is 0.983. The normalized spacial score (nSPS) is 18.5.